The first-order chi connectivity index (χ1) is 10.3. The molecule has 1 atom stereocenters. The summed E-state index contributed by atoms with van der Waals surface area (Å²) in [7, 11) is 0. The van der Waals surface area contributed by atoms with Crippen LogP contribution in [-0.2, 0) is 0 Å². The van der Waals surface area contributed by atoms with Gasteiger partial charge >= 0.3 is 0 Å². The molecule has 3 rings (SSSR count). The maximum atomic E-state index is 9.32. The summed E-state index contributed by atoms with van der Waals surface area (Å²) >= 11 is 0. The molecule has 1 N–H and O–H groups in total. The Balaban J connectivity index is 1.98. The second kappa shape index (κ2) is 5.59. The molecule has 2 aromatic heterocycles. The largest absolute Gasteiger partial charge is 0.362 e. The van der Waals surface area contributed by atoms with Crippen LogP contribution in [0, 0.1) is 11.3 Å². The lowest BCUT2D eigenvalue weighted by Crippen LogP contribution is -2.09. The number of anilines is 1. The van der Waals surface area contributed by atoms with Crippen LogP contribution in [-0.4, -0.2) is 9.97 Å². The van der Waals surface area contributed by atoms with Gasteiger partial charge in [-0.1, -0.05) is 18.2 Å². The summed E-state index contributed by atoms with van der Waals surface area (Å²) in [6.45, 7) is 2.04. The number of nitriles is 1. The molecule has 0 aliphatic carbocycles. The molecule has 0 saturated heterocycles. The Hall–Kier alpha value is -2.93. The van der Waals surface area contributed by atoms with Crippen molar-refractivity contribution in [3.8, 4) is 6.07 Å². The SMILES string of the molecule is CC(Nc1nc2ccccc2cc1C#N)c1ccncc1. The van der Waals surface area contributed by atoms with Crippen LogP contribution in [0.5, 0.6) is 0 Å². The Labute approximate surface area is 123 Å². The zero-order valence-electron chi connectivity index (χ0n) is 11.6. The van der Waals surface area contributed by atoms with E-state index in [1.165, 1.54) is 0 Å². The lowest BCUT2D eigenvalue weighted by molar-refractivity contribution is 0.872. The van der Waals surface area contributed by atoms with E-state index in [2.05, 4.69) is 21.4 Å². The number of nitrogens with zero attached hydrogens (tertiary/aromatic N) is 3. The van der Waals surface area contributed by atoms with E-state index in [0.717, 1.165) is 16.5 Å². The molecule has 2 heterocycles. The first-order valence-electron chi connectivity index (χ1n) is 6.74. The highest BCUT2D eigenvalue weighted by Crippen LogP contribution is 2.23. The van der Waals surface area contributed by atoms with Crippen molar-refractivity contribution in [2.45, 2.75) is 13.0 Å². The molecule has 0 spiro atoms. The predicted molar refractivity (Wildman–Crippen MR) is 82.7 cm³/mol. The van der Waals surface area contributed by atoms with Crippen molar-refractivity contribution < 1.29 is 0 Å². The number of hydrogen-bond acceptors (Lipinski definition) is 4. The zero-order valence-corrected chi connectivity index (χ0v) is 11.6. The fourth-order valence-electron chi connectivity index (χ4n) is 2.25. The van der Waals surface area contributed by atoms with Crippen LogP contribution in [0.15, 0.2) is 54.9 Å². The lowest BCUT2D eigenvalue weighted by atomic mass is 10.1. The van der Waals surface area contributed by atoms with Gasteiger partial charge in [-0.05, 0) is 36.8 Å². The molecule has 0 saturated carbocycles. The monoisotopic (exact) mass is 274 g/mol. The maximum absolute atomic E-state index is 9.32. The molecule has 4 nitrogen and oxygen atoms in total. The van der Waals surface area contributed by atoms with Crippen LogP contribution in [0.25, 0.3) is 10.9 Å². The minimum atomic E-state index is 0.0498. The van der Waals surface area contributed by atoms with E-state index in [1.807, 2.05) is 49.4 Å². The number of aromatic nitrogens is 2. The molecular weight excluding hydrogens is 260 g/mol. The molecule has 3 aromatic rings. The van der Waals surface area contributed by atoms with Gasteiger partial charge < -0.3 is 5.32 Å². The third-order valence-electron chi connectivity index (χ3n) is 3.40. The average Bonchev–Trinajstić information content (AvgIpc) is 2.55. The summed E-state index contributed by atoms with van der Waals surface area (Å²) in [5, 5.41) is 13.6. The molecule has 1 aromatic carbocycles. The number of fused-ring (bicyclic) bond motifs is 1. The molecule has 0 radical (unpaired) electrons. The molecule has 0 fully saturated rings. The lowest BCUT2D eigenvalue weighted by Gasteiger charge is -2.16. The fraction of sp³-hybridized carbons (Fsp3) is 0.118. The van der Waals surface area contributed by atoms with Crippen LogP contribution >= 0.6 is 0 Å². The Bertz CT molecular complexity index is 806. The number of nitrogens with one attached hydrogen (secondary N) is 1. The van der Waals surface area contributed by atoms with Crippen molar-refractivity contribution in [3.05, 3.63) is 66.0 Å². The summed E-state index contributed by atoms with van der Waals surface area (Å²) in [4.78, 5) is 8.58. The summed E-state index contributed by atoms with van der Waals surface area (Å²) in [5.74, 6) is 0.612. The summed E-state index contributed by atoms with van der Waals surface area (Å²) in [6, 6.07) is 15.8. The summed E-state index contributed by atoms with van der Waals surface area (Å²) in [6.07, 6.45) is 3.51. The average molecular weight is 274 g/mol. The van der Waals surface area contributed by atoms with E-state index >= 15 is 0 Å². The van der Waals surface area contributed by atoms with Gasteiger partial charge in [-0.25, -0.2) is 4.98 Å². The van der Waals surface area contributed by atoms with Crippen molar-refractivity contribution in [3.63, 3.8) is 0 Å². The number of hydrogen-bond donors (Lipinski definition) is 1. The van der Waals surface area contributed by atoms with Gasteiger partial charge in [0.15, 0.2) is 0 Å². The fourth-order valence-corrected chi connectivity index (χ4v) is 2.25. The van der Waals surface area contributed by atoms with Gasteiger partial charge in [0.2, 0.25) is 0 Å². The van der Waals surface area contributed by atoms with E-state index in [-0.39, 0.29) is 6.04 Å². The minimum Gasteiger partial charge on any atom is -0.362 e. The first kappa shape index (κ1) is 13.1. The normalized spacial score (nSPS) is 11.8. The van der Waals surface area contributed by atoms with E-state index in [4.69, 9.17) is 0 Å². The molecule has 0 aliphatic rings. The Morgan fingerprint density at radius 1 is 1.14 bits per heavy atom. The zero-order chi connectivity index (χ0) is 14.7. The quantitative estimate of drug-likeness (QED) is 0.791. The van der Waals surface area contributed by atoms with Crippen molar-refractivity contribution in [2.75, 3.05) is 5.32 Å². The molecule has 4 heteroatoms. The number of benzene rings is 1. The topological polar surface area (TPSA) is 61.6 Å². The van der Waals surface area contributed by atoms with Crippen molar-refractivity contribution in [1.82, 2.24) is 9.97 Å². The molecule has 1 unspecified atom stereocenters. The standard InChI is InChI=1S/C17H14N4/c1-12(13-6-8-19-9-7-13)20-17-15(11-18)10-14-4-2-3-5-16(14)21-17/h2-10,12H,1H3,(H,20,21). The van der Waals surface area contributed by atoms with Gasteiger partial charge in [-0.2, -0.15) is 5.26 Å². The third kappa shape index (κ3) is 2.67. The van der Waals surface area contributed by atoms with Crippen LogP contribution < -0.4 is 5.32 Å². The van der Waals surface area contributed by atoms with Gasteiger partial charge in [0.25, 0.3) is 0 Å². The first-order valence-corrected chi connectivity index (χ1v) is 6.74. The van der Waals surface area contributed by atoms with Crippen LogP contribution in [0.2, 0.25) is 0 Å². The van der Waals surface area contributed by atoms with E-state index in [0.29, 0.717) is 11.4 Å². The van der Waals surface area contributed by atoms with Gasteiger partial charge in [-0.3, -0.25) is 4.98 Å². The third-order valence-corrected chi connectivity index (χ3v) is 3.40. The molecular formula is C17H14N4. The van der Waals surface area contributed by atoms with Gasteiger partial charge in [0.1, 0.15) is 11.9 Å². The van der Waals surface area contributed by atoms with E-state index < -0.39 is 0 Å². The Morgan fingerprint density at radius 2 is 1.90 bits per heavy atom. The van der Waals surface area contributed by atoms with E-state index in [1.54, 1.807) is 12.4 Å². The van der Waals surface area contributed by atoms with Crippen LogP contribution in [0.1, 0.15) is 24.1 Å². The minimum absolute atomic E-state index is 0.0498. The molecule has 0 amide bonds. The highest BCUT2D eigenvalue weighted by molar-refractivity contribution is 5.82. The summed E-state index contributed by atoms with van der Waals surface area (Å²) < 4.78 is 0. The van der Waals surface area contributed by atoms with Gasteiger partial charge in [-0.15, -0.1) is 0 Å². The van der Waals surface area contributed by atoms with Crippen molar-refractivity contribution >= 4 is 16.7 Å². The highest BCUT2D eigenvalue weighted by Gasteiger charge is 2.11. The van der Waals surface area contributed by atoms with Gasteiger partial charge in [0, 0.05) is 17.8 Å². The van der Waals surface area contributed by atoms with Crippen LogP contribution in [0.3, 0.4) is 0 Å². The predicted octanol–water partition coefficient (Wildman–Crippen LogP) is 3.67. The summed E-state index contributed by atoms with van der Waals surface area (Å²) in [5.41, 5.74) is 2.53. The second-order valence-corrected chi connectivity index (χ2v) is 4.84. The molecule has 0 aliphatic heterocycles. The molecule has 21 heavy (non-hydrogen) atoms. The smallest absolute Gasteiger partial charge is 0.145 e. The van der Waals surface area contributed by atoms with Crippen molar-refractivity contribution in [2.24, 2.45) is 0 Å². The maximum Gasteiger partial charge on any atom is 0.145 e. The van der Waals surface area contributed by atoms with Crippen LogP contribution in [0.4, 0.5) is 5.82 Å². The van der Waals surface area contributed by atoms with E-state index in [9.17, 15) is 5.26 Å². The van der Waals surface area contributed by atoms with Crippen molar-refractivity contribution in [1.29, 1.82) is 5.26 Å². The Morgan fingerprint density at radius 3 is 2.67 bits per heavy atom. The molecule has 102 valence electrons. The highest BCUT2D eigenvalue weighted by atomic mass is 15.0. The molecule has 0 bridgehead atoms. The number of rotatable bonds is 3. The number of pyridine rings is 2. The van der Waals surface area contributed by atoms with Gasteiger partial charge in [0.05, 0.1) is 17.1 Å². The Kier molecular flexibility index (Phi) is 3.48. The second-order valence-electron chi connectivity index (χ2n) is 4.84. The number of para-hydroxylation sites is 1.